The average molecular weight is 269 g/mol. The number of aromatic carboxylic acids is 1. The molecule has 0 fully saturated rings. The topological polar surface area (TPSA) is 58.9 Å². The maximum absolute atomic E-state index is 11.3. The molecule has 2 aromatic carbocycles. The average Bonchev–Trinajstić information content (AvgIpc) is 2.48. The normalized spacial score (nSPS) is 11.3. The molecule has 2 rings (SSSR count). The van der Waals surface area contributed by atoms with Crippen LogP contribution >= 0.6 is 0 Å². The minimum atomic E-state index is -0.975. The van der Waals surface area contributed by atoms with Crippen molar-refractivity contribution >= 4 is 17.4 Å². The maximum atomic E-state index is 11.3. The third-order valence-electron chi connectivity index (χ3n) is 2.77. The van der Waals surface area contributed by atoms with Crippen molar-refractivity contribution in [2.75, 3.05) is 13.7 Å². The van der Waals surface area contributed by atoms with Crippen molar-refractivity contribution in [1.82, 2.24) is 0 Å². The predicted molar refractivity (Wildman–Crippen MR) is 77.9 cm³/mol. The Hall–Kier alpha value is -2.46. The molecule has 4 nitrogen and oxygen atoms in total. The molecule has 102 valence electrons. The standard InChI is InChI=1S/C16H15NO3/c1-20-11-15(17-12-7-3-2-4-8-12)13-9-5-6-10-14(13)16(18)19/h2-10H,11H2,1H3,(H,18,19). The summed E-state index contributed by atoms with van der Waals surface area (Å²) in [5.74, 6) is -0.975. The van der Waals surface area contributed by atoms with Gasteiger partial charge in [0.2, 0.25) is 0 Å². The molecule has 0 saturated carbocycles. The van der Waals surface area contributed by atoms with Gasteiger partial charge >= 0.3 is 5.97 Å². The van der Waals surface area contributed by atoms with Gasteiger partial charge in [0.1, 0.15) is 0 Å². The summed E-state index contributed by atoms with van der Waals surface area (Å²) in [5, 5.41) is 9.25. The van der Waals surface area contributed by atoms with E-state index in [1.54, 1.807) is 31.4 Å². The first kappa shape index (κ1) is 14.0. The van der Waals surface area contributed by atoms with Crippen LogP contribution in [0, 0.1) is 0 Å². The van der Waals surface area contributed by atoms with Gasteiger partial charge in [-0.05, 0) is 18.2 Å². The zero-order valence-electron chi connectivity index (χ0n) is 11.1. The van der Waals surface area contributed by atoms with Gasteiger partial charge in [0.25, 0.3) is 0 Å². The minimum absolute atomic E-state index is 0.222. The molecule has 0 heterocycles. The van der Waals surface area contributed by atoms with E-state index in [-0.39, 0.29) is 12.2 Å². The van der Waals surface area contributed by atoms with E-state index in [2.05, 4.69) is 4.99 Å². The number of carbonyl (C=O) groups is 1. The molecule has 2 aromatic rings. The van der Waals surface area contributed by atoms with Crippen LogP contribution < -0.4 is 0 Å². The van der Waals surface area contributed by atoms with Gasteiger partial charge in [-0.2, -0.15) is 0 Å². The number of nitrogens with zero attached hydrogens (tertiary/aromatic N) is 1. The molecule has 0 saturated heterocycles. The van der Waals surface area contributed by atoms with Gasteiger partial charge in [-0.15, -0.1) is 0 Å². The SMILES string of the molecule is COCC(=Nc1ccccc1)c1ccccc1C(=O)O. The maximum Gasteiger partial charge on any atom is 0.336 e. The summed E-state index contributed by atoms with van der Waals surface area (Å²) in [4.78, 5) is 15.8. The fraction of sp³-hybridized carbons (Fsp3) is 0.125. The lowest BCUT2D eigenvalue weighted by atomic mass is 10.0. The molecular weight excluding hydrogens is 254 g/mol. The lowest BCUT2D eigenvalue weighted by Crippen LogP contribution is -2.14. The van der Waals surface area contributed by atoms with Crippen molar-refractivity contribution in [3.63, 3.8) is 0 Å². The number of carboxylic acids is 1. The first-order valence-electron chi connectivity index (χ1n) is 6.16. The van der Waals surface area contributed by atoms with Crippen molar-refractivity contribution in [2.45, 2.75) is 0 Å². The van der Waals surface area contributed by atoms with Crippen molar-refractivity contribution in [1.29, 1.82) is 0 Å². The number of hydrogen-bond acceptors (Lipinski definition) is 3. The molecule has 0 spiro atoms. The van der Waals surface area contributed by atoms with Crippen molar-refractivity contribution in [3.8, 4) is 0 Å². The van der Waals surface area contributed by atoms with Crippen LogP contribution in [0.4, 0.5) is 5.69 Å². The second-order valence-electron chi connectivity index (χ2n) is 4.18. The van der Waals surface area contributed by atoms with Crippen molar-refractivity contribution < 1.29 is 14.6 Å². The summed E-state index contributed by atoms with van der Waals surface area (Å²) in [6.45, 7) is 0.249. The van der Waals surface area contributed by atoms with Crippen molar-refractivity contribution in [2.24, 2.45) is 4.99 Å². The quantitative estimate of drug-likeness (QED) is 0.848. The van der Waals surface area contributed by atoms with Crippen molar-refractivity contribution in [3.05, 3.63) is 65.7 Å². The summed E-state index contributed by atoms with van der Waals surface area (Å²) in [6, 6.07) is 16.2. The highest BCUT2D eigenvalue weighted by molar-refractivity contribution is 6.10. The zero-order chi connectivity index (χ0) is 14.4. The predicted octanol–water partition coefficient (Wildman–Crippen LogP) is 3.15. The van der Waals surface area contributed by atoms with Gasteiger partial charge in [-0.3, -0.25) is 4.99 Å². The molecule has 0 atom stereocenters. The molecule has 20 heavy (non-hydrogen) atoms. The summed E-state index contributed by atoms with van der Waals surface area (Å²) in [7, 11) is 1.56. The first-order valence-corrected chi connectivity index (χ1v) is 6.16. The van der Waals surface area contributed by atoms with Gasteiger partial charge in [0, 0.05) is 12.7 Å². The molecular formula is C16H15NO3. The van der Waals surface area contributed by atoms with E-state index in [0.29, 0.717) is 11.3 Å². The summed E-state index contributed by atoms with van der Waals surface area (Å²) in [6.07, 6.45) is 0. The van der Waals surface area contributed by atoms with E-state index in [0.717, 1.165) is 5.69 Å². The van der Waals surface area contributed by atoms with E-state index >= 15 is 0 Å². The minimum Gasteiger partial charge on any atom is -0.478 e. The van der Waals surface area contributed by atoms with Crippen LogP contribution in [-0.2, 0) is 4.74 Å². The van der Waals surface area contributed by atoms with Crippen LogP contribution in [0.5, 0.6) is 0 Å². The molecule has 0 radical (unpaired) electrons. The number of carboxylic acid groups (broad SMARTS) is 1. The third-order valence-corrected chi connectivity index (χ3v) is 2.77. The van der Waals surface area contributed by atoms with E-state index in [9.17, 15) is 9.90 Å². The van der Waals surface area contributed by atoms with Gasteiger partial charge in [0.15, 0.2) is 0 Å². The number of para-hydroxylation sites is 1. The molecule has 0 aliphatic carbocycles. The van der Waals surface area contributed by atoms with Gasteiger partial charge in [0.05, 0.1) is 23.6 Å². The first-order chi connectivity index (χ1) is 9.72. The Balaban J connectivity index is 2.49. The van der Waals surface area contributed by atoms with E-state index < -0.39 is 5.97 Å². The molecule has 4 heteroatoms. The number of rotatable bonds is 5. The number of hydrogen-bond donors (Lipinski definition) is 1. The van der Waals surface area contributed by atoms with Crippen LogP contribution in [0.25, 0.3) is 0 Å². The monoisotopic (exact) mass is 269 g/mol. The highest BCUT2D eigenvalue weighted by Gasteiger charge is 2.14. The van der Waals surface area contributed by atoms with Gasteiger partial charge in [-0.25, -0.2) is 4.79 Å². The number of methoxy groups -OCH3 is 1. The van der Waals surface area contributed by atoms with Crippen LogP contribution in [0.2, 0.25) is 0 Å². The lowest BCUT2D eigenvalue weighted by molar-refractivity contribution is 0.0696. The molecule has 0 bridgehead atoms. The summed E-state index contributed by atoms with van der Waals surface area (Å²) < 4.78 is 5.14. The fourth-order valence-electron chi connectivity index (χ4n) is 1.89. The molecule has 0 aromatic heterocycles. The Morgan fingerprint density at radius 2 is 1.65 bits per heavy atom. The lowest BCUT2D eigenvalue weighted by Gasteiger charge is -2.09. The molecule has 0 aliphatic heterocycles. The highest BCUT2D eigenvalue weighted by Crippen LogP contribution is 2.16. The number of benzene rings is 2. The molecule has 0 amide bonds. The number of aliphatic imine (C=N–C) groups is 1. The Morgan fingerprint density at radius 3 is 2.25 bits per heavy atom. The molecule has 0 aliphatic rings. The third kappa shape index (κ3) is 3.30. The zero-order valence-corrected chi connectivity index (χ0v) is 11.1. The van der Waals surface area contributed by atoms with Gasteiger partial charge < -0.3 is 9.84 Å². The van der Waals surface area contributed by atoms with Crippen LogP contribution in [0.1, 0.15) is 15.9 Å². The largest absolute Gasteiger partial charge is 0.478 e. The summed E-state index contributed by atoms with van der Waals surface area (Å²) >= 11 is 0. The molecule has 1 N–H and O–H groups in total. The van der Waals surface area contributed by atoms with E-state index in [1.165, 1.54) is 0 Å². The van der Waals surface area contributed by atoms with Crippen LogP contribution in [0.3, 0.4) is 0 Å². The Bertz CT molecular complexity index is 621. The van der Waals surface area contributed by atoms with E-state index in [4.69, 9.17) is 4.74 Å². The van der Waals surface area contributed by atoms with Crippen LogP contribution in [-0.4, -0.2) is 30.5 Å². The fourth-order valence-corrected chi connectivity index (χ4v) is 1.89. The van der Waals surface area contributed by atoms with Crippen LogP contribution in [0.15, 0.2) is 59.6 Å². The Labute approximate surface area is 117 Å². The second kappa shape index (κ2) is 6.63. The summed E-state index contributed by atoms with van der Waals surface area (Å²) in [5.41, 5.74) is 2.15. The second-order valence-corrected chi connectivity index (χ2v) is 4.18. The smallest absolute Gasteiger partial charge is 0.336 e. The molecule has 0 unspecified atom stereocenters. The Kier molecular flexibility index (Phi) is 4.63. The highest BCUT2D eigenvalue weighted by atomic mass is 16.5. The Morgan fingerprint density at radius 1 is 1.05 bits per heavy atom. The van der Waals surface area contributed by atoms with Gasteiger partial charge in [-0.1, -0.05) is 36.4 Å². The number of ether oxygens (including phenoxy) is 1. The van der Waals surface area contributed by atoms with E-state index in [1.807, 2.05) is 30.3 Å².